The second-order valence-electron chi connectivity index (χ2n) is 6.55. The molecule has 1 aliphatic rings. The summed E-state index contributed by atoms with van der Waals surface area (Å²) >= 11 is 2.69. The lowest BCUT2D eigenvalue weighted by atomic mass is 10.1. The van der Waals surface area contributed by atoms with Crippen molar-refractivity contribution in [2.45, 2.75) is 55.9 Å². The van der Waals surface area contributed by atoms with E-state index in [2.05, 4.69) is 21.0 Å². The summed E-state index contributed by atoms with van der Waals surface area (Å²) < 4.78 is 40.4. The number of aliphatic hydroxyl groups excluding tert-OH is 1. The van der Waals surface area contributed by atoms with Crippen LogP contribution in [0.3, 0.4) is 0 Å². The molecule has 14 heteroatoms. The Morgan fingerprint density at radius 3 is 2.76 bits per heavy atom. The number of rotatable bonds is 8. The fraction of sp³-hybridized carbons (Fsp3) is 0.667. The summed E-state index contributed by atoms with van der Waals surface area (Å²) in [5, 5.41) is 12.6. The van der Waals surface area contributed by atoms with Crippen LogP contribution in [0.5, 0.6) is 0 Å². The van der Waals surface area contributed by atoms with Crippen molar-refractivity contribution in [3.8, 4) is 0 Å². The molecule has 2 heterocycles. The summed E-state index contributed by atoms with van der Waals surface area (Å²) in [5.74, 6) is -0.634. The van der Waals surface area contributed by atoms with Gasteiger partial charge in [-0.2, -0.15) is 0 Å². The van der Waals surface area contributed by atoms with Gasteiger partial charge in [-0.15, -0.1) is 4.52 Å². The van der Waals surface area contributed by atoms with E-state index in [9.17, 15) is 28.4 Å². The van der Waals surface area contributed by atoms with Gasteiger partial charge in [-0.3, -0.25) is 19.1 Å². The van der Waals surface area contributed by atoms with E-state index in [-0.39, 0.29) is 6.10 Å². The van der Waals surface area contributed by atoms with Gasteiger partial charge in [-0.1, -0.05) is 5.09 Å². The largest absolute Gasteiger partial charge is 0.613 e. The maximum atomic E-state index is 14.9. The van der Waals surface area contributed by atoms with Crippen LogP contribution in [-0.2, 0) is 23.4 Å². The number of esters is 1. The third-order valence-corrected chi connectivity index (χ3v) is 5.69. The van der Waals surface area contributed by atoms with E-state index < -0.39 is 61.1 Å². The summed E-state index contributed by atoms with van der Waals surface area (Å²) in [4.78, 5) is 36.7. The number of alkyl halides is 2. The molecular formula is C15H21BrFN3O8P+. The molecule has 162 valence electrons. The van der Waals surface area contributed by atoms with Crippen LogP contribution in [0.15, 0.2) is 21.9 Å². The number of aliphatic hydroxyl groups is 1. The number of nitrogens with zero attached hydrogens (tertiary/aromatic N) is 1. The van der Waals surface area contributed by atoms with Gasteiger partial charge < -0.3 is 14.6 Å². The zero-order valence-electron chi connectivity index (χ0n) is 15.7. The number of H-pyrrole nitrogens is 1. The SMILES string of the molecule is CC(C)OC(=O)[C@H](C)N[P+](=O)OC[C@H]1O[C@@H](n2ccc(=O)[nH]c2=O)[C@@](F)(Br)[C@@H]1O. The van der Waals surface area contributed by atoms with Gasteiger partial charge in [0.05, 0.1) is 6.10 Å². The van der Waals surface area contributed by atoms with Crippen LogP contribution in [0.4, 0.5) is 4.39 Å². The molecule has 0 radical (unpaired) electrons. The molecule has 0 bridgehead atoms. The Kier molecular flexibility index (Phi) is 7.82. The number of aromatic nitrogens is 2. The van der Waals surface area contributed by atoms with Gasteiger partial charge in [0, 0.05) is 12.3 Å². The number of carbonyl (C=O) groups excluding carboxylic acids is 1. The van der Waals surface area contributed by atoms with Crippen LogP contribution in [0.25, 0.3) is 0 Å². The molecule has 11 nitrogen and oxygen atoms in total. The maximum Gasteiger partial charge on any atom is 0.613 e. The highest BCUT2D eigenvalue weighted by atomic mass is 79.9. The topological polar surface area (TPSA) is 149 Å². The van der Waals surface area contributed by atoms with Crippen molar-refractivity contribution >= 4 is 30.1 Å². The molecule has 1 unspecified atom stereocenters. The fourth-order valence-electron chi connectivity index (χ4n) is 2.44. The average Bonchev–Trinajstić information content (AvgIpc) is 2.82. The highest BCUT2D eigenvalue weighted by Gasteiger charge is 2.57. The average molecular weight is 501 g/mol. The second kappa shape index (κ2) is 9.54. The zero-order valence-corrected chi connectivity index (χ0v) is 18.2. The Morgan fingerprint density at radius 2 is 2.17 bits per heavy atom. The van der Waals surface area contributed by atoms with Gasteiger partial charge in [-0.25, -0.2) is 9.18 Å². The minimum Gasteiger partial charge on any atom is -0.462 e. The maximum absolute atomic E-state index is 14.9. The predicted molar refractivity (Wildman–Crippen MR) is 101 cm³/mol. The van der Waals surface area contributed by atoms with E-state index in [4.69, 9.17) is 14.0 Å². The number of aromatic amines is 1. The smallest absolute Gasteiger partial charge is 0.462 e. The number of hydrogen-bond donors (Lipinski definition) is 3. The molecule has 1 fully saturated rings. The molecule has 1 aromatic rings. The minimum atomic E-state index is -2.59. The van der Waals surface area contributed by atoms with E-state index in [0.29, 0.717) is 0 Å². The number of halogens is 2. The summed E-state index contributed by atoms with van der Waals surface area (Å²) in [7, 11) is -2.57. The Morgan fingerprint density at radius 1 is 1.52 bits per heavy atom. The van der Waals surface area contributed by atoms with Gasteiger partial charge in [-0.05, 0) is 41.3 Å². The molecule has 1 aromatic heterocycles. The summed E-state index contributed by atoms with van der Waals surface area (Å²) in [5.41, 5.74) is -1.63. The fourth-order valence-corrected chi connectivity index (χ4v) is 3.84. The van der Waals surface area contributed by atoms with Crippen LogP contribution in [-0.4, -0.2) is 56.2 Å². The molecule has 0 amide bonds. The monoisotopic (exact) mass is 500 g/mol. The van der Waals surface area contributed by atoms with Crippen LogP contribution in [0.2, 0.25) is 0 Å². The molecule has 2 rings (SSSR count). The van der Waals surface area contributed by atoms with Crippen LogP contribution < -0.4 is 16.3 Å². The van der Waals surface area contributed by atoms with E-state index in [1.165, 1.54) is 6.92 Å². The third-order valence-electron chi connectivity index (χ3n) is 3.84. The second-order valence-corrected chi connectivity index (χ2v) is 8.80. The lowest BCUT2D eigenvalue weighted by molar-refractivity contribution is -0.149. The molecular weight excluding hydrogens is 480 g/mol. The lowest BCUT2D eigenvalue weighted by Crippen LogP contribution is -2.41. The van der Waals surface area contributed by atoms with Crippen molar-refractivity contribution in [1.29, 1.82) is 0 Å². The van der Waals surface area contributed by atoms with Crippen molar-refractivity contribution < 1.29 is 32.9 Å². The highest BCUT2D eigenvalue weighted by molar-refractivity contribution is 9.10. The van der Waals surface area contributed by atoms with Crippen molar-refractivity contribution in [2.75, 3.05) is 6.61 Å². The quantitative estimate of drug-likeness (QED) is 0.262. The molecule has 0 spiro atoms. The Balaban J connectivity index is 2.00. The normalized spacial score (nSPS) is 28.4. The predicted octanol–water partition coefficient (Wildman–Crippen LogP) is 0.459. The van der Waals surface area contributed by atoms with Gasteiger partial charge in [0.2, 0.25) is 4.58 Å². The van der Waals surface area contributed by atoms with E-state index in [0.717, 1.165) is 16.8 Å². The first-order valence-electron chi connectivity index (χ1n) is 8.53. The van der Waals surface area contributed by atoms with Crippen LogP contribution in [0.1, 0.15) is 27.0 Å². The first kappa shape index (κ1) is 23.8. The van der Waals surface area contributed by atoms with Gasteiger partial charge >= 0.3 is 19.8 Å². The Hall–Kier alpha value is -1.50. The van der Waals surface area contributed by atoms with E-state index in [1.54, 1.807) is 13.8 Å². The number of ether oxygens (including phenoxy) is 2. The summed E-state index contributed by atoms with van der Waals surface area (Å²) in [6.45, 7) is 4.23. The Labute approximate surface area is 173 Å². The molecule has 6 atom stereocenters. The van der Waals surface area contributed by atoms with Crippen molar-refractivity contribution in [3.05, 3.63) is 33.1 Å². The van der Waals surface area contributed by atoms with Crippen molar-refractivity contribution in [2.24, 2.45) is 0 Å². The van der Waals surface area contributed by atoms with E-state index >= 15 is 0 Å². The van der Waals surface area contributed by atoms with Crippen LogP contribution >= 0.6 is 24.1 Å². The van der Waals surface area contributed by atoms with Gasteiger partial charge in [0.25, 0.3) is 5.56 Å². The van der Waals surface area contributed by atoms with Crippen molar-refractivity contribution in [3.63, 3.8) is 0 Å². The van der Waals surface area contributed by atoms with Gasteiger partial charge in [0.1, 0.15) is 24.9 Å². The molecule has 0 aliphatic carbocycles. The molecule has 0 aromatic carbocycles. The first-order chi connectivity index (χ1) is 13.4. The van der Waals surface area contributed by atoms with Crippen molar-refractivity contribution in [1.82, 2.24) is 14.6 Å². The molecule has 0 saturated carbocycles. The molecule has 3 N–H and O–H groups in total. The first-order valence-corrected chi connectivity index (χ1v) is 10.5. The number of hydrogen-bond acceptors (Lipinski definition) is 8. The number of nitrogens with one attached hydrogen (secondary N) is 2. The minimum absolute atomic E-state index is 0.350. The summed E-state index contributed by atoms with van der Waals surface area (Å²) in [6.07, 6.45) is -4.06. The summed E-state index contributed by atoms with van der Waals surface area (Å²) in [6, 6.07) is 0.0574. The zero-order chi connectivity index (χ0) is 21.9. The standard InChI is InChI=1S/C15H20BrFN3O8P/c1-7(2)27-12(23)8(3)19-29(25)26-6-9-11(22)15(16,17)13(28-9)20-5-4-10(21)18-14(20)24/h4-5,7-9,11,13,22H,6H2,1-3H3,(H-,18,19,21,24,25)/p+1/t8-,9+,11+,13+,15+/m0/s1. The van der Waals surface area contributed by atoms with E-state index in [1.807, 2.05) is 4.98 Å². The van der Waals surface area contributed by atoms with Crippen LogP contribution in [0, 0.1) is 0 Å². The molecule has 1 aliphatic heterocycles. The Bertz CT molecular complexity index is 876. The highest BCUT2D eigenvalue weighted by Crippen LogP contribution is 2.45. The lowest BCUT2D eigenvalue weighted by Gasteiger charge is -2.22. The molecule has 29 heavy (non-hydrogen) atoms. The molecule has 1 saturated heterocycles. The van der Waals surface area contributed by atoms with Gasteiger partial charge in [0.15, 0.2) is 6.23 Å². The number of carbonyl (C=O) groups is 1. The third kappa shape index (κ3) is 5.77.